The molecule has 228 valence electrons. The van der Waals surface area contributed by atoms with E-state index in [0.29, 0.717) is 23.4 Å². The maximum Gasteiger partial charge on any atom is 0.305 e. The Morgan fingerprint density at radius 2 is 1.78 bits per heavy atom. The van der Waals surface area contributed by atoms with Crippen molar-refractivity contribution in [2.45, 2.75) is 36.1 Å². The number of rotatable bonds is 6. The standard InChI is InChI=1S/C33H26BrN3O6S2/c1-15-3-2-4-16(11-15)14-43-23-10-9-19(37(41)42)12-20(23)24-25-21-13-22(28(25)44-30-29(24)45-33(40)35-30)27-26(21)31(38)36(32(27)39)18-7-5-17(34)6-8-18/h2-12,21-22,24-28H,13-14H2,1H3,(H,35,40)/t21-,22-,24?,25?,26?,27?,28?/m1/s1. The Morgan fingerprint density at radius 1 is 1.02 bits per heavy atom. The molecule has 45 heavy (non-hydrogen) atoms. The lowest BCUT2D eigenvalue weighted by atomic mass is 9.68. The number of hydrogen-bond donors (Lipinski definition) is 1. The summed E-state index contributed by atoms with van der Waals surface area (Å²) in [4.78, 5) is 57.2. The Hall–Kier alpha value is -3.74. The van der Waals surface area contributed by atoms with Crippen LogP contribution in [0.1, 0.15) is 33.9 Å². The number of carbonyl (C=O) groups excluding carboxylic acids is 2. The molecule has 0 radical (unpaired) electrons. The molecule has 12 heteroatoms. The van der Waals surface area contributed by atoms with Gasteiger partial charge in [-0.3, -0.25) is 29.4 Å². The molecule has 0 spiro atoms. The largest absolute Gasteiger partial charge is 0.489 e. The van der Waals surface area contributed by atoms with Crippen molar-refractivity contribution in [1.29, 1.82) is 0 Å². The molecule has 7 atom stereocenters. The summed E-state index contributed by atoms with van der Waals surface area (Å²) in [7, 11) is 0. The number of thiazole rings is 1. The lowest BCUT2D eigenvalue weighted by Gasteiger charge is -2.43. The fraction of sp³-hybridized carbons (Fsp3) is 0.303. The molecular formula is C33H26BrN3O6S2. The average Bonchev–Trinajstić information content (AvgIpc) is 3.75. The predicted molar refractivity (Wildman–Crippen MR) is 174 cm³/mol. The number of aryl methyl sites for hydroxylation is 1. The third-order valence-electron chi connectivity index (χ3n) is 9.82. The summed E-state index contributed by atoms with van der Waals surface area (Å²) in [5.41, 5.74) is 3.19. The molecule has 2 amide bonds. The van der Waals surface area contributed by atoms with Crippen molar-refractivity contribution in [3.05, 3.63) is 113 Å². The number of ether oxygens (including phenoxy) is 1. The maximum absolute atomic E-state index is 14.1. The molecule has 8 rings (SSSR count). The number of nitro groups is 1. The van der Waals surface area contributed by atoms with Crippen LogP contribution in [0.3, 0.4) is 0 Å². The summed E-state index contributed by atoms with van der Waals surface area (Å²) >= 11 is 6.12. The van der Waals surface area contributed by atoms with E-state index in [2.05, 4.69) is 20.9 Å². The van der Waals surface area contributed by atoms with Gasteiger partial charge in [0.2, 0.25) is 11.8 Å². The summed E-state index contributed by atoms with van der Waals surface area (Å²) in [5, 5.41) is 12.7. The average molecular weight is 705 g/mol. The van der Waals surface area contributed by atoms with Crippen LogP contribution >= 0.6 is 39.0 Å². The first-order valence-corrected chi connectivity index (χ1v) is 17.2. The van der Waals surface area contributed by atoms with E-state index in [4.69, 9.17) is 4.74 Å². The van der Waals surface area contributed by atoms with Crippen LogP contribution in [-0.4, -0.2) is 27.0 Å². The van der Waals surface area contributed by atoms with Gasteiger partial charge in [-0.05, 0) is 67.0 Å². The first kappa shape index (κ1) is 28.7. The van der Waals surface area contributed by atoms with Crippen molar-refractivity contribution in [2.24, 2.45) is 29.6 Å². The minimum Gasteiger partial charge on any atom is -0.489 e. The monoisotopic (exact) mass is 703 g/mol. The second kappa shape index (κ2) is 10.7. The number of anilines is 1. The highest BCUT2D eigenvalue weighted by molar-refractivity contribution is 9.10. The number of hydrogen-bond acceptors (Lipinski definition) is 8. The molecule has 3 fully saturated rings. The van der Waals surface area contributed by atoms with Crippen molar-refractivity contribution in [1.82, 2.24) is 4.98 Å². The number of aromatic amines is 1. The molecule has 1 aromatic heterocycles. The van der Waals surface area contributed by atoms with E-state index >= 15 is 0 Å². The topological polar surface area (TPSA) is 123 Å². The van der Waals surface area contributed by atoms with E-state index in [-0.39, 0.29) is 52.0 Å². The fourth-order valence-electron chi connectivity index (χ4n) is 8.20. The number of halogens is 1. The van der Waals surface area contributed by atoms with Gasteiger partial charge in [0.05, 0.1) is 27.5 Å². The van der Waals surface area contributed by atoms with E-state index in [1.54, 1.807) is 36.0 Å². The van der Waals surface area contributed by atoms with Gasteiger partial charge in [0.15, 0.2) is 0 Å². The molecule has 5 unspecified atom stereocenters. The molecule has 2 aliphatic heterocycles. The third-order valence-corrected chi connectivity index (χ3v) is 12.9. The summed E-state index contributed by atoms with van der Waals surface area (Å²) < 4.78 is 7.23. The molecule has 1 saturated heterocycles. The zero-order chi connectivity index (χ0) is 31.1. The van der Waals surface area contributed by atoms with Crippen LogP contribution in [0.2, 0.25) is 0 Å². The highest BCUT2D eigenvalue weighted by Gasteiger charge is 2.70. The maximum atomic E-state index is 14.1. The second-order valence-electron chi connectivity index (χ2n) is 12.2. The number of nitrogens with one attached hydrogen (secondary N) is 1. The highest BCUT2D eigenvalue weighted by atomic mass is 79.9. The van der Waals surface area contributed by atoms with Gasteiger partial charge in [-0.2, -0.15) is 0 Å². The van der Waals surface area contributed by atoms with Crippen molar-refractivity contribution in [2.75, 3.05) is 4.90 Å². The van der Waals surface area contributed by atoms with Crippen LogP contribution in [0.15, 0.2) is 81.0 Å². The third kappa shape index (κ3) is 4.51. The number of amides is 2. The van der Waals surface area contributed by atoms with E-state index in [1.165, 1.54) is 11.0 Å². The minimum atomic E-state index is -0.483. The van der Waals surface area contributed by atoms with E-state index in [0.717, 1.165) is 36.8 Å². The first-order chi connectivity index (χ1) is 21.7. The molecule has 2 bridgehead atoms. The first-order valence-electron chi connectivity index (χ1n) is 14.7. The molecule has 4 aliphatic rings. The Kier molecular flexibility index (Phi) is 6.81. The number of aromatic nitrogens is 1. The van der Waals surface area contributed by atoms with Crippen LogP contribution in [-0.2, 0) is 16.2 Å². The van der Waals surface area contributed by atoms with Crippen LogP contribution in [0.25, 0.3) is 0 Å². The molecule has 3 aromatic carbocycles. The molecule has 3 heterocycles. The number of carbonyl (C=O) groups is 2. The van der Waals surface area contributed by atoms with Crippen LogP contribution in [0, 0.1) is 46.6 Å². The molecule has 4 aromatic rings. The van der Waals surface area contributed by atoms with Crippen LogP contribution in [0.4, 0.5) is 11.4 Å². The number of nitrogens with zero attached hydrogens (tertiary/aromatic N) is 2. The summed E-state index contributed by atoms with van der Waals surface area (Å²) in [5.74, 6) is -1.50. The molecule has 1 N–H and O–H groups in total. The molecule has 9 nitrogen and oxygen atoms in total. The van der Waals surface area contributed by atoms with Crippen LogP contribution in [0.5, 0.6) is 5.75 Å². The highest BCUT2D eigenvalue weighted by Crippen LogP contribution is 2.69. The van der Waals surface area contributed by atoms with Crippen molar-refractivity contribution in [3.63, 3.8) is 0 Å². The van der Waals surface area contributed by atoms with Gasteiger partial charge in [-0.25, -0.2) is 0 Å². The van der Waals surface area contributed by atoms with Gasteiger partial charge < -0.3 is 9.72 Å². The number of non-ortho nitro benzene ring substituents is 1. The number of nitro benzene ring substituents is 1. The van der Waals surface area contributed by atoms with Gasteiger partial charge in [0.25, 0.3) is 5.69 Å². The zero-order valence-electron chi connectivity index (χ0n) is 23.8. The lowest BCUT2D eigenvalue weighted by molar-refractivity contribution is -0.385. The number of fused-ring (bicyclic) bond motifs is 9. The van der Waals surface area contributed by atoms with Crippen molar-refractivity contribution in [3.8, 4) is 5.75 Å². The number of benzene rings is 3. The van der Waals surface area contributed by atoms with E-state index < -0.39 is 22.7 Å². The second-order valence-corrected chi connectivity index (χ2v) is 15.3. The predicted octanol–water partition coefficient (Wildman–Crippen LogP) is 6.67. The number of thioether (sulfide) groups is 1. The fourth-order valence-corrected chi connectivity index (χ4v) is 11.3. The van der Waals surface area contributed by atoms with Gasteiger partial charge in [-0.15, -0.1) is 11.8 Å². The smallest absolute Gasteiger partial charge is 0.305 e. The summed E-state index contributed by atoms with van der Waals surface area (Å²) in [6.07, 6.45) is 0.716. The van der Waals surface area contributed by atoms with Crippen LogP contribution < -0.4 is 14.5 Å². The van der Waals surface area contributed by atoms with Gasteiger partial charge in [0.1, 0.15) is 12.4 Å². The Labute approximate surface area is 274 Å². The minimum absolute atomic E-state index is 0.0514. The molecule has 2 saturated carbocycles. The van der Waals surface area contributed by atoms with Gasteiger partial charge in [-0.1, -0.05) is 57.1 Å². The summed E-state index contributed by atoms with van der Waals surface area (Å²) in [6, 6.07) is 19.8. The van der Waals surface area contributed by atoms with Crippen molar-refractivity contribution < 1.29 is 19.2 Å². The van der Waals surface area contributed by atoms with Gasteiger partial charge in [0, 0.05) is 38.2 Å². The SMILES string of the molecule is Cc1cccc(COc2ccc([N+](=O)[O-])cc2C2c3sc(=O)[nH]c3SC3C2[C@H]2C[C@@H]3C3C(=O)N(c4ccc(Br)cc4)C(=O)C32)c1. The number of imide groups is 1. The Bertz CT molecular complexity index is 1960. The van der Waals surface area contributed by atoms with E-state index in [1.807, 2.05) is 43.3 Å². The number of H-pyrrole nitrogens is 1. The summed E-state index contributed by atoms with van der Waals surface area (Å²) in [6.45, 7) is 2.27. The molecule has 2 aliphatic carbocycles. The lowest BCUT2D eigenvalue weighted by Crippen LogP contribution is -2.42. The van der Waals surface area contributed by atoms with Gasteiger partial charge >= 0.3 is 4.87 Å². The normalized spacial score (nSPS) is 27.8. The molecular weight excluding hydrogens is 678 g/mol. The van der Waals surface area contributed by atoms with E-state index in [9.17, 15) is 24.5 Å². The van der Waals surface area contributed by atoms with Crippen molar-refractivity contribution >= 4 is 62.2 Å². The quantitative estimate of drug-likeness (QED) is 0.135. The Balaban J connectivity index is 1.22. The zero-order valence-corrected chi connectivity index (χ0v) is 27.1. The Morgan fingerprint density at radius 3 is 2.51 bits per heavy atom.